The molecule has 2 aromatic carbocycles. The topological polar surface area (TPSA) is 82.3 Å². The molecule has 0 bridgehead atoms. The molecule has 0 unspecified atom stereocenters. The molecule has 0 aliphatic carbocycles. The Morgan fingerprint density at radius 2 is 1.92 bits per heavy atom. The summed E-state index contributed by atoms with van der Waals surface area (Å²) in [6, 6.07) is 10.7. The van der Waals surface area contributed by atoms with E-state index in [1.54, 1.807) is 24.3 Å². The number of carbonyl (C=O) groups is 1. The molecule has 7 heteroatoms. The normalized spacial score (nSPS) is 10.9. The molecule has 0 atom stereocenters. The largest absolute Gasteiger partial charge is 0.506 e. The van der Waals surface area contributed by atoms with Crippen LogP contribution in [-0.2, 0) is 4.79 Å². The quantitative estimate of drug-likeness (QED) is 0.329. The number of nitrogens with one attached hydrogen (secondary N) is 1. The van der Waals surface area contributed by atoms with Gasteiger partial charge in [0.2, 0.25) is 0 Å². The average Bonchev–Trinajstić information content (AvgIpc) is 2.57. The second kappa shape index (κ2) is 8.53. The number of phenolic OH excluding ortho intramolecular Hbond substituents is 1. The molecular weight excluding hydrogens is 546 g/mol. The number of aryl methyl sites for hydroxylation is 1. The first kappa shape index (κ1) is 19.5. The fourth-order valence-electron chi connectivity index (χ4n) is 2.09. The van der Waals surface area contributed by atoms with Crippen LogP contribution in [-0.4, -0.2) is 18.1 Å². The maximum absolute atomic E-state index is 12.5. The van der Waals surface area contributed by atoms with Crippen molar-refractivity contribution in [2.24, 2.45) is 0 Å². The lowest BCUT2D eigenvalue weighted by Crippen LogP contribution is -2.14. The highest BCUT2D eigenvalue weighted by Gasteiger charge is 2.13. The summed E-state index contributed by atoms with van der Waals surface area (Å²) in [4.78, 5) is 12.5. The van der Waals surface area contributed by atoms with Crippen molar-refractivity contribution in [2.45, 2.75) is 6.92 Å². The fourth-order valence-corrected chi connectivity index (χ4v) is 3.91. The van der Waals surface area contributed by atoms with Crippen molar-refractivity contribution in [3.8, 4) is 17.6 Å². The number of amides is 1. The zero-order valence-electron chi connectivity index (χ0n) is 13.4. The molecule has 0 spiro atoms. The van der Waals surface area contributed by atoms with Gasteiger partial charge in [0.1, 0.15) is 23.1 Å². The number of anilines is 1. The monoisotopic (exact) mass is 560 g/mol. The SMILES string of the molecule is COc1ccc(C)cc1NC(=O)/C(C#N)=C/c1cc(I)c(O)c(I)c1. The third-order valence-electron chi connectivity index (χ3n) is 3.32. The van der Waals surface area contributed by atoms with Gasteiger partial charge in [0, 0.05) is 0 Å². The average molecular weight is 560 g/mol. The van der Waals surface area contributed by atoms with E-state index < -0.39 is 5.91 Å². The zero-order valence-corrected chi connectivity index (χ0v) is 17.7. The molecule has 0 aromatic heterocycles. The minimum atomic E-state index is -0.524. The van der Waals surface area contributed by atoms with Crippen molar-refractivity contribution in [1.82, 2.24) is 0 Å². The summed E-state index contributed by atoms with van der Waals surface area (Å²) in [7, 11) is 1.52. The molecule has 1 amide bonds. The Kier molecular flexibility index (Phi) is 6.66. The van der Waals surface area contributed by atoms with E-state index in [1.807, 2.05) is 64.2 Å². The first-order chi connectivity index (χ1) is 11.8. The number of methoxy groups -OCH3 is 1. The highest BCUT2D eigenvalue weighted by molar-refractivity contribution is 14.1. The van der Waals surface area contributed by atoms with Gasteiger partial charge in [0.25, 0.3) is 5.91 Å². The van der Waals surface area contributed by atoms with Crippen LogP contribution >= 0.6 is 45.2 Å². The number of hydrogen-bond donors (Lipinski definition) is 2. The fraction of sp³-hybridized carbons (Fsp3) is 0.111. The van der Waals surface area contributed by atoms with Crippen molar-refractivity contribution < 1.29 is 14.6 Å². The minimum absolute atomic E-state index is 0.0409. The number of carbonyl (C=O) groups excluding carboxylic acids is 1. The third-order valence-corrected chi connectivity index (χ3v) is 4.96. The number of aromatic hydroxyl groups is 1. The van der Waals surface area contributed by atoms with E-state index in [2.05, 4.69) is 5.32 Å². The third kappa shape index (κ3) is 4.85. The van der Waals surface area contributed by atoms with E-state index in [4.69, 9.17) is 4.74 Å². The predicted octanol–water partition coefficient (Wildman–Crippen LogP) is 4.46. The van der Waals surface area contributed by atoms with Crippen molar-refractivity contribution in [1.29, 1.82) is 5.26 Å². The molecule has 2 rings (SSSR count). The summed E-state index contributed by atoms with van der Waals surface area (Å²) >= 11 is 4.00. The van der Waals surface area contributed by atoms with Gasteiger partial charge in [-0.15, -0.1) is 0 Å². The van der Waals surface area contributed by atoms with Gasteiger partial charge in [-0.05, 0) is 93.6 Å². The summed E-state index contributed by atoms with van der Waals surface area (Å²) < 4.78 is 6.52. The lowest BCUT2D eigenvalue weighted by Gasteiger charge is -2.10. The molecular formula is C18H14I2N2O3. The summed E-state index contributed by atoms with van der Waals surface area (Å²) in [5, 5.41) is 21.9. The maximum atomic E-state index is 12.5. The Balaban J connectivity index is 2.34. The molecule has 0 aliphatic rings. The Morgan fingerprint density at radius 1 is 1.28 bits per heavy atom. The molecule has 5 nitrogen and oxygen atoms in total. The lowest BCUT2D eigenvalue weighted by atomic mass is 10.1. The maximum Gasteiger partial charge on any atom is 0.266 e. The van der Waals surface area contributed by atoms with Crippen LogP contribution in [0.5, 0.6) is 11.5 Å². The standard InChI is InChI=1S/C18H14I2N2O3/c1-10-3-4-16(25-2)15(5-10)22-18(24)12(9-21)6-11-7-13(19)17(23)14(20)8-11/h3-8,23H,1-2H3,(H,22,24)/b12-6+. The van der Waals surface area contributed by atoms with Crippen LogP contribution in [0.1, 0.15) is 11.1 Å². The number of ether oxygens (including phenoxy) is 1. The summed E-state index contributed by atoms with van der Waals surface area (Å²) in [6.45, 7) is 1.90. The first-order valence-electron chi connectivity index (χ1n) is 7.11. The van der Waals surface area contributed by atoms with E-state index >= 15 is 0 Å². The van der Waals surface area contributed by atoms with Gasteiger partial charge < -0.3 is 15.2 Å². The number of nitrogens with zero attached hydrogens (tertiary/aromatic N) is 1. The van der Waals surface area contributed by atoms with Gasteiger partial charge in [-0.1, -0.05) is 6.07 Å². The van der Waals surface area contributed by atoms with Crippen LogP contribution in [0, 0.1) is 25.4 Å². The van der Waals surface area contributed by atoms with Gasteiger partial charge in [-0.3, -0.25) is 4.79 Å². The molecule has 0 radical (unpaired) electrons. The van der Waals surface area contributed by atoms with E-state index in [0.29, 0.717) is 24.1 Å². The van der Waals surface area contributed by atoms with Crippen molar-refractivity contribution in [3.05, 3.63) is 54.2 Å². The minimum Gasteiger partial charge on any atom is -0.506 e. The van der Waals surface area contributed by atoms with Crippen LogP contribution in [0.4, 0.5) is 5.69 Å². The Labute approximate surface area is 173 Å². The number of benzene rings is 2. The van der Waals surface area contributed by atoms with Crippen molar-refractivity contribution in [2.75, 3.05) is 12.4 Å². The number of halogens is 2. The lowest BCUT2D eigenvalue weighted by molar-refractivity contribution is -0.112. The Bertz CT molecular complexity index is 879. The van der Waals surface area contributed by atoms with E-state index in [-0.39, 0.29) is 11.3 Å². The molecule has 25 heavy (non-hydrogen) atoms. The number of rotatable bonds is 4. The van der Waals surface area contributed by atoms with Gasteiger partial charge >= 0.3 is 0 Å². The number of nitriles is 1. The predicted molar refractivity (Wildman–Crippen MR) is 113 cm³/mol. The van der Waals surface area contributed by atoms with E-state index in [1.165, 1.54) is 13.2 Å². The Morgan fingerprint density at radius 3 is 2.48 bits per heavy atom. The van der Waals surface area contributed by atoms with Gasteiger partial charge in [0.15, 0.2) is 0 Å². The van der Waals surface area contributed by atoms with Crippen LogP contribution in [0.25, 0.3) is 6.08 Å². The molecule has 0 saturated carbocycles. The highest BCUT2D eigenvalue weighted by Crippen LogP contribution is 2.29. The number of hydrogen-bond acceptors (Lipinski definition) is 4. The second-order valence-corrected chi connectivity index (χ2v) is 7.49. The molecule has 0 fully saturated rings. The zero-order chi connectivity index (χ0) is 18.6. The van der Waals surface area contributed by atoms with Gasteiger partial charge in [-0.25, -0.2) is 0 Å². The number of phenols is 1. The van der Waals surface area contributed by atoms with Crippen LogP contribution in [0.2, 0.25) is 0 Å². The van der Waals surface area contributed by atoms with Crippen LogP contribution in [0.3, 0.4) is 0 Å². The second-order valence-electron chi connectivity index (χ2n) is 5.16. The van der Waals surface area contributed by atoms with Gasteiger partial charge in [0.05, 0.1) is 19.9 Å². The van der Waals surface area contributed by atoms with E-state index in [9.17, 15) is 15.2 Å². The summed E-state index contributed by atoms with van der Waals surface area (Å²) in [5.74, 6) is 0.181. The van der Waals surface area contributed by atoms with Crippen molar-refractivity contribution >= 4 is 62.9 Å². The smallest absolute Gasteiger partial charge is 0.266 e. The Hall–Kier alpha value is -1.80. The first-order valence-corrected chi connectivity index (χ1v) is 9.27. The van der Waals surface area contributed by atoms with Crippen LogP contribution < -0.4 is 10.1 Å². The molecule has 2 aromatic rings. The summed E-state index contributed by atoms with van der Waals surface area (Å²) in [6.07, 6.45) is 1.49. The summed E-state index contributed by atoms with van der Waals surface area (Å²) in [5.41, 5.74) is 2.08. The molecule has 0 saturated heterocycles. The highest BCUT2D eigenvalue weighted by atomic mass is 127. The van der Waals surface area contributed by atoms with Gasteiger partial charge in [-0.2, -0.15) is 5.26 Å². The van der Waals surface area contributed by atoms with Crippen LogP contribution in [0.15, 0.2) is 35.9 Å². The molecule has 128 valence electrons. The molecule has 0 heterocycles. The molecule has 2 N–H and O–H groups in total. The van der Waals surface area contributed by atoms with Crippen molar-refractivity contribution in [3.63, 3.8) is 0 Å². The van der Waals surface area contributed by atoms with E-state index in [0.717, 1.165) is 5.56 Å². The molecule has 0 aliphatic heterocycles.